The molecule has 0 saturated carbocycles. The lowest BCUT2D eigenvalue weighted by Gasteiger charge is -2.12. The quantitative estimate of drug-likeness (QED) is 0.343. The summed E-state index contributed by atoms with van der Waals surface area (Å²) in [5, 5.41) is 0. The highest BCUT2D eigenvalue weighted by Gasteiger charge is 2.07. The van der Waals surface area contributed by atoms with Crippen molar-refractivity contribution in [3.05, 3.63) is 108 Å². The summed E-state index contributed by atoms with van der Waals surface area (Å²) >= 11 is 0. The number of hydrogen-bond acceptors (Lipinski definition) is 0. The van der Waals surface area contributed by atoms with E-state index in [9.17, 15) is 0 Å². The summed E-state index contributed by atoms with van der Waals surface area (Å²) in [7, 11) is 0. The minimum absolute atomic E-state index is 1.25. The van der Waals surface area contributed by atoms with Gasteiger partial charge in [0.25, 0.3) is 0 Å². The molecule has 28 heavy (non-hydrogen) atoms. The van der Waals surface area contributed by atoms with E-state index in [1.807, 2.05) is 13.8 Å². The fourth-order valence-electron chi connectivity index (χ4n) is 3.33. The average Bonchev–Trinajstić information content (AvgIpc) is 2.76. The molecule has 0 heterocycles. The first-order valence-electron chi connectivity index (χ1n) is 10.0. The predicted octanol–water partition coefficient (Wildman–Crippen LogP) is 8.33. The fraction of sp³-hybridized carbons (Fsp3) is 0.143. The van der Waals surface area contributed by atoms with Gasteiger partial charge in [-0.05, 0) is 65.4 Å². The number of rotatable bonds is 3. The molecule has 0 unspecified atom stereocenters. The standard InChI is InChI=1S/C26H22.C2H6/c1-19-11-13-22(14-12-19)25-16-24(21-8-4-3-5-9-21)17-26(18-25)23-10-6-7-20(2)15-23;1-2/h3-18H,1-2H3;1-2H3. The lowest BCUT2D eigenvalue weighted by atomic mass is 9.93. The van der Waals surface area contributed by atoms with E-state index in [-0.39, 0.29) is 0 Å². The molecule has 4 aromatic carbocycles. The van der Waals surface area contributed by atoms with Gasteiger partial charge in [-0.15, -0.1) is 0 Å². The lowest BCUT2D eigenvalue weighted by molar-refractivity contribution is 1.46. The highest BCUT2D eigenvalue weighted by Crippen LogP contribution is 2.33. The smallest absolute Gasteiger partial charge is 0.0172 e. The van der Waals surface area contributed by atoms with Crippen molar-refractivity contribution in [2.45, 2.75) is 27.7 Å². The molecule has 0 spiro atoms. The maximum Gasteiger partial charge on any atom is -0.0172 e. The second-order valence-electron chi connectivity index (χ2n) is 6.90. The van der Waals surface area contributed by atoms with Crippen LogP contribution in [0.5, 0.6) is 0 Å². The van der Waals surface area contributed by atoms with E-state index >= 15 is 0 Å². The Morgan fingerprint density at radius 2 is 0.857 bits per heavy atom. The Morgan fingerprint density at radius 3 is 1.43 bits per heavy atom. The van der Waals surface area contributed by atoms with Gasteiger partial charge in [0.05, 0.1) is 0 Å². The molecule has 0 N–H and O–H groups in total. The molecule has 0 fully saturated rings. The van der Waals surface area contributed by atoms with E-state index in [0.29, 0.717) is 0 Å². The Balaban J connectivity index is 0.00000109. The predicted molar refractivity (Wildman–Crippen MR) is 124 cm³/mol. The number of hydrogen-bond donors (Lipinski definition) is 0. The molecule has 0 aromatic heterocycles. The molecule has 0 atom stereocenters. The van der Waals surface area contributed by atoms with Crippen LogP contribution in [0.2, 0.25) is 0 Å². The van der Waals surface area contributed by atoms with Crippen molar-refractivity contribution >= 4 is 0 Å². The van der Waals surface area contributed by atoms with E-state index in [4.69, 9.17) is 0 Å². The molecule has 0 amide bonds. The summed E-state index contributed by atoms with van der Waals surface area (Å²) in [5.41, 5.74) is 10.1. The Morgan fingerprint density at radius 1 is 0.357 bits per heavy atom. The van der Waals surface area contributed by atoms with Gasteiger partial charge in [0.2, 0.25) is 0 Å². The Labute approximate surface area is 169 Å². The van der Waals surface area contributed by atoms with Gasteiger partial charge in [-0.1, -0.05) is 104 Å². The van der Waals surface area contributed by atoms with Crippen LogP contribution >= 0.6 is 0 Å². The van der Waals surface area contributed by atoms with Crippen molar-refractivity contribution in [1.29, 1.82) is 0 Å². The fourth-order valence-corrected chi connectivity index (χ4v) is 3.33. The van der Waals surface area contributed by atoms with Crippen LogP contribution in [-0.2, 0) is 0 Å². The van der Waals surface area contributed by atoms with E-state index in [1.54, 1.807) is 0 Å². The van der Waals surface area contributed by atoms with Crippen LogP contribution in [0.4, 0.5) is 0 Å². The molecule has 0 aliphatic heterocycles. The van der Waals surface area contributed by atoms with E-state index in [2.05, 4.69) is 111 Å². The van der Waals surface area contributed by atoms with Crippen molar-refractivity contribution in [2.75, 3.05) is 0 Å². The van der Waals surface area contributed by atoms with Gasteiger partial charge in [0.1, 0.15) is 0 Å². The molecular weight excluding hydrogens is 336 g/mol. The van der Waals surface area contributed by atoms with Crippen LogP contribution in [0, 0.1) is 13.8 Å². The summed E-state index contributed by atoms with van der Waals surface area (Å²) in [6, 6.07) is 35.0. The zero-order valence-electron chi connectivity index (χ0n) is 17.2. The second-order valence-corrected chi connectivity index (χ2v) is 6.90. The normalized spacial score (nSPS) is 10.1. The van der Waals surface area contributed by atoms with E-state index < -0.39 is 0 Å². The molecule has 0 heteroatoms. The summed E-state index contributed by atoms with van der Waals surface area (Å²) in [4.78, 5) is 0. The molecule has 4 aromatic rings. The molecule has 4 rings (SSSR count). The third-order valence-electron chi connectivity index (χ3n) is 4.78. The molecular formula is C28H28. The van der Waals surface area contributed by atoms with Gasteiger partial charge in [-0.2, -0.15) is 0 Å². The first kappa shape index (κ1) is 19.6. The minimum Gasteiger partial charge on any atom is -0.0683 e. The zero-order valence-corrected chi connectivity index (χ0v) is 17.2. The summed E-state index contributed by atoms with van der Waals surface area (Å²) < 4.78 is 0. The van der Waals surface area contributed by atoms with Crippen LogP contribution in [0.1, 0.15) is 25.0 Å². The average molecular weight is 365 g/mol. The third kappa shape index (κ3) is 4.58. The lowest BCUT2D eigenvalue weighted by Crippen LogP contribution is -1.87. The summed E-state index contributed by atoms with van der Waals surface area (Å²) in [6.07, 6.45) is 0. The SMILES string of the molecule is CC.Cc1ccc(-c2cc(-c3ccccc3)cc(-c3cccc(C)c3)c2)cc1. The highest BCUT2D eigenvalue weighted by molar-refractivity contribution is 5.81. The summed E-state index contributed by atoms with van der Waals surface area (Å²) in [5.74, 6) is 0. The number of benzene rings is 4. The van der Waals surface area contributed by atoms with Crippen molar-refractivity contribution in [2.24, 2.45) is 0 Å². The third-order valence-corrected chi connectivity index (χ3v) is 4.78. The van der Waals surface area contributed by atoms with Gasteiger partial charge in [0, 0.05) is 0 Å². The Kier molecular flexibility index (Phi) is 6.45. The minimum atomic E-state index is 1.25. The van der Waals surface area contributed by atoms with Gasteiger partial charge >= 0.3 is 0 Å². The maximum atomic E-state index is 2.30. The van der Waals surface area contributed by atoms with E-state index in [1.165, 1.54) is 44.5 Å². The van der Waals surface area contributed by atoms with Gasteiger partial charge in [-0.3, -0.25) is 0 Å². The molecule has 0 radical (unpaired) electrons. The highest BCUT2D eigenvalue weighted by atomic mass is 14.1. The summed E-state index contributed by atoms with van der Waals surface area (Å²) in [6.45, 7) is 8.27. The first-order valence-corrected chi connectivity index (χ1v) is 10.0. The van der Waals surface area contributed by atoms with Crippen LogP contribution in [0.15, 0.2) is 97.1 Å². The topological polar surface area (TPSA) is 0 Å². The molecule has 140 valence electrons. The first-order chi connectivity index (χ1) is 13.7. The van der Waals surface area contributed by atoms with Crippen molar-refractivity contribution in [3.63, 3.8) is 0 Å². The van der Waals surface area contributed by atoms with Crippen LogP contribution in [0.3, 0.4) is 0 Å². The Bertz CT molecular complexity index is 1030. The second kappa shape index (κ2) is 9.19. The largest absolute Gasteiger partial charge is 0.0683 e. The molecule has 0 saturated heterocycles. The molecule has 0 nitrogen and oxygen atoms in total. The monoisotopic (exact) mass is 364 g/mol. The molecule has 0 aliphatic carbocycles. The van der Waals surface area contributed by atoms with Crippen LogP contribution in [0.25, 0.3) is 33.4 Å². The van der Waals surface area contributed by atoms with Gasteiger partial charge in [0.15, 0.2) is 0 Å². The van der Waals surface area contributed by atoms with Crippen molar-refractivity contribution in [1.82, 2.24) is 0 Å². The van der Waals surface area contributed by atoms with Gasteiger partial charge in [-0.25, -0.2) is 0 Å². The number of aryl methyl sites for hydroxylation is 2. The Hall–Kier alpha value is -3.12. The van der Waals surface area contributed by atoms with Gasteiger partial charge < -0.3 is 0 Å². The maximum absolute atomic E-state index is 2.30. The van der Waals surface area contributed by atoms with E-state index in [0.717, 1.165) is 0 Å². The molecule has 0 aliphatic rings. The van der Waals surface area contributed by atoms with Crippen LogP contribution in [-0.4, -0.2) is 0 Å². The van der Waals surface area contributed by atoms with Crippen LogP contribution < -0.4 is 0 Å². The molecule has 0 bridgehead atoms. The van der Waals surface area contributed by atoms with Crippen molar-refractivity contribution in [3.8, 4) is 33.4 Å². The zero-order chi connectivity index (χ0) is 19.9. The van der Waals surface area contributed by atoms with Crippen molar-refractivity contribution < 1.29 is 0 Å².